The molecule has 0 spiro atoms. The molecule has 124 valence electrons. The Morgan fingerprint density at radius 1 is 1.21 bits per heavy atom. The molecule has 2 aromatic heterocycles. The molecule has 2 N–H and O–H groups in total. The predicted molar refractivity (Wildman–Crippen MR) is 92.1 cm³/mol. The Labute approximate surface area is 138 Å². The molecule has 0 aliphatic heterocycles. The van der Waals surface area contributed by atoms with Gasteiger partial charge < -0.3 is 10.1 Å². The molecule has 0 unspecified atom stereocenters. The smallest absolute Gasteiger partial charge is 0.357 e. The Morgan fingerprint density at radius 3 is 2.38 bits per heavy atom. The molecule has 0 bridgehead atoms. The van der Waals surface area contributed by atoms with Crippen molar-refractivity contribution in [2.24, 2.45) is 0 Å². The predicted octanol–water partition coefficient (Wildman–Crippen LogP) is 3.02. The summed E-state index contributed by atoms with van der Waals surface area (Å²) in [4.78, 5) is 26.0. The summed E-state index contributed by atoms with van der Waals surface area (Å²) in [6.45, 7) is 8.07. The van der Waals surface area contributed by atoms with Crippen LogP contribution in [0.5, 0.6) is 0 Å². The molecule has 3 aromatic rings. The van der Waals surface area contributed by atoms with Crippen LogP contribution in [0.25, 0.3) is 16.7 Å². The number of carboxylic acids is 1. The fourth-order valence-corrected chi connectivity index (χ4v) is 2.77. The summed E-state index contributed by atoms with van der Waals surface area (Å²) in [5.41, 5.74) is 2.49. The number of H-pyrrole nitrogens is 1. The van der Waals surface area contributed by atoms with Gasteiger partial charge in [0.25, 0.3) is 0 Å². The molecule has 0 atom stereocenters. The van der Waals surface area contributed by atoms with Crippen molar-refractivity contribution in [3.05, 3.63) is 57.5 Å². The van der Waals surface area contributed by atoms with Crippen molar-refractivity contribution in [1.82, 2.24) is 14.8 Å². The number of aromatic amines is 1. The van der Waals surface area contributed by atoms with E-state index in [0.29, 0.717) is 22.3 Å². The van der Waals surface area contributed by atoms with Crippen LogP contribution in [0, 0.1) is 6.92 Å². The van der Waals surface area contributed by atoms with Crippen LogP contribution < -0.4 is 5.56 Å². The number of aromatic carboxylic acids is 1. The fraction of sp³-hybridized carbons (Fsp3) is 0.278. The Balaban J connectivity index is 2.27. The van der Waals surface area contributed by atoms with Crippen LogP contribution in [-0.2, 0) is 5.41 Å². The quantitative estimate of drug-likeness (QED) is 0.758. The lowest BCUT2D eigenvalue weighted by atomic mass is 9.87. The molecule has 6 nitrogen and oxygen atoms in total. The number of hydrogen-bond acceptors (Lipinski definition) is 3. The highest BCUT2D eigenvalue weighted by atomic mass is 16.4. The van der Waals surface area contributed by atoms with Crippen molar-refractivity contribution in [2.75, 3.05) is 0 Å². The molecule has 0 aliphatic rings. The zero-order valence-electron chi connectivity index (χ0n) is 14.0. The van der Waals surface area contributed by atoms with Gasteiger partial charge >= 0.3 is 5.97 Å². The first kappa shape index (κ1) is 16.0. The molecule has 0 radical (unpaired) electrons. The van der Waals surface area contributed by atoms with E-state index in [4.69, 9.17) is 0 Å². The summed E-state index contributed by atoms with van der Waals surface area (Å²) in [5.74, 6) is -1.12. The Morgan fingerprint density at radius 2 is 1.83 bits per heavy atom. The SMILES string of the molecule is Cc1cc(=O)[nH]c2c1c(C(=O)O)nn2-c1ccc(C(C)(C)C)cc1. The van der Waals surface area contributed by atoms with Crippen molar-refractivity contribution in [1.29, 1.82) is 0 Å². The third-order valence-electron chi connectivity index (χ3n) is 4.05. The van der Waals surface area contributed by atoms with Gasteiger partial charge in [-0.15, -0.1) is 0 Å². The van der Waals surface area contributed by atoms with Gasteiger partial charge in [-0.25, -0.2) is 9.48 Å². The van der Waals surface area contributed by atoms with E-state index < -0.39 is 5.97 Å². The molecular formula is C18H19N3O3. The topological polar surface area (TPSA) is 88.0 Å². The van der Waals surface area contributed by atoms with Crippen molar-refractivity contribution >= 4 is 17.0 Å². The van der Waals surface area contributed by atoms with Crippen LogP contribution in [0.4, 0.5) is 0 Å². The van der Waals surface area contributed by atoms with Crippen LogP contribution in [0.15, 0.2) is 35.1 Å². The van der Waals surface area contributed by atoms with Gasteiger partial charge in [-0.3, -0.25) is 4.79 Å². The first-order chi connectivity index (χ1) is 11.2. The van der Waals surface area contributed by atoms with Crippen LogP contribution in [0.2, 0.25) is 0 Å². The van der Waals surface area contributed by atoms with Gasteiger partial charge in [0.2, 0.25) is 5.56 Å². The number of carbonyl (C=O) groups is 1. The van der Waals surface area contributed by atoms with Gasteiger partial charge in [-0.05, 0) is 35.6 Å². The van der Waals surface area contributed by atoms with E-state index in [1.807, 2.05) is 24.3 Å². The van der Waals surface area contributed by atoms with E-state index in [1.165, 1.54) is 10.7 Å². The number of nitrogens with one attached hydrogen (secondary N) is 1. The zero-order valence-corrected chi connectivity index (χ0v) is 14.0. The maximum Gasteiger partial charge on any atom is 0.357 e. The van der Waals surface area contributed by atoms with E-state index in [-0.39, 0.29) is 16.7 Å². The molecule has 6 heteroatoms. The molecule has 0 saturated heterocycles. The number of rotatable bonds is 2. The summed E-state index contributed by atoms with van der Waals surface area (Å²) < 4.78 is 1.47. The summed E-state index contributed by atoms with van der Waals surface area (Å²) in [6.07, 6.45) is 0. The Bertz CT molecular complexity index is 989. The average Bonchev–Trinajstić information content (AvgIpc) is 2.86. The van der Waals surface area contributed by atoms with Crippen molar-refractivity contribution < 1.29 is 9.90 Å². The summed E-state index contributed by atoms with van der Waals surface area (Å²) >= 11 is 0. The molecule has 2 heterocycles. The van der Waals surface area contributed by atoms with Crippen LogP contribution >= 0.6 is 0 Å². The highest BCUT2D eigenvalue weighted by molar-refractivity contribution is 6.01. The highest BCUT2D eigenvalue weighted by Gasteiger charge is 2.20. The van der Waals surface area contributed by atoms with Gasteiger partial charge in [-0.1, -0.05) is 32.9 Å². The average molecular weight is 325 g/mol. The number of benzene rings is 1. The van der Waals surface area contributed by atoms with Crippen molar-refractivity contribution in [2.45, 2.75) is 33.1 Å². The first-order valence-corrected chi connectivity index (χ1v) is 7.65. The lowest BCUT2D eigenvalue weighted by Gasteiger charge is -2.19. The summed E-state index contributed by atoms with van der Waals surface area (Å²) in [5, 5.41) is 14.1. The third-order valence-corrected chi connectivity index (χ3v) is 4.05. The molecule has 3 rings (SSSR count). The molecule has 0 saturated carbocycles. The van der Waals surface area contributed by atoms with E-state index in [9.17, 15) is 14.7 Å². The van der Waals surface area contributed by atoms with E-state index in [2.05, 4.69) is 30.9 Å². The molecular weight excluding hydrogens is 306 g/mol. The molecule has 24 heavy (non-hydrogen) atoms. The van der Waals surface area contributed by atoms with Crippen LogP contribution in [-0.4, -0.2) is 25.8 Å². The molecule has 0 aliphatic carbocycles. The van der Waals surface area contributed by atoms with Crippen LogP contribution in [0.3, 0.4) is 0 Å². The normalized spacial score (nSPS) is 11.8. The lowest BCUT2D eigenvalue weighted by Crippen LogP contribution is -2.11. The summed E-state index contributed by atoms with van der Waals surface area (Å²) in [7, 11) is 0. The minimum absolute atomic E-state index is 0.0157. The number of pyridine rings is 1. The Hall–Kier alpha value is -2.89. The number of carboxylic acid groups (broad SMARTS) is 1. The highest BCUT2D eigenvalue weighted by Crippen LogP contribution is 2.26. The standard InChI is InChI=1S/C18H19N3O3/c1-10-9-13(22)19-16-14(10)15(17(23)24)20-21(16)12-7-5-11(6-8-12)18(2,3)4/h5-9H,1-4H3,(H,19,22)(H,23,24). The van der Waals surface area contributed by atoms with Gasteiger partial charge in [0.15, 0.2) is 5.69 Å². The van der Waals surface area contributed by atoms with Gasteiger partial charge in [0, 0.05) is 6.07 Å². The second-order valence-electron chi connectivity index (χ2n) is 6.90. The number of hydrogen-bond donors (Lipinski definition) is 2. The number of fused-ring (bicyclic) bond motifs is 1. The van der Waals surface area contributed by atoms with Gasteiger partial charge in [0.05, 0.1) is 11.1 Å². The molecule has 0 amide bonds. The number of nitrogens with zero attached hydrogens (tertiary/aromatic N) is 2. The lowest BCUT2D eigenvalue weighted by molar-refractivity contribution is 0.0692. The third kappa shape index (κ3) is 2.60. The Kier molecular flexibility index (Phi) is 3.55. The first-order valence-electron chi connectivity index (χ1n) is 7.65. The van der Waals surface area contributed by atoms with Crippen molar-refractivity contribution in [3.8, 4) is 5.69 Å². The molecule has 1 aromatic carbocycles. The number of aromatic nitrogens is 3. The molecule has 0 fully saturated rings. The zero-order chi connectivity index (χ0) is 17.6. The van der Waals surface area contributed by atoms with E-state index >= 15 is 0 Å². The largest absolute Gasteiger partial charge is 0.476 e. The monoisotopic (exact) mass is 325 g/mol. The maximum atomic E-state index is 11.8. The van der Waals surface area contributed by atoms with Crippen LogP contribution in [0.1, 0.15) is 42.4 Å². The second kappa shape index (κ2) is 5.33. The van der Waals surface area contributed by atoms with E-state index in [0.717, 1.165) is 5.56 Å². The minimum Gasteiger partial charge on any atom is -0.476 e. The second-order valence-corrected chi connectivity index (χ2v) is 6.90. The van der Waals surface area contributed by atoms with E-state index in [1.54, 1.807) is 6.92 Å². The minimum atomic E-state index is -1.12. The number of aryl methyl sites for hydroxylation is 1. The summed E-state index contributed by atoms with van der Waals surface area (Å²) in [6, 6.07) is 9.09. The van der Waals surface area contributed by atoms with Gasteiger partial charge in [-0.2, -0.15) is 5.10 Å². The maximum absolute atomic E-state index is 11.8. The fourth-order valence-electron chi connectivity index (χ4n) is 2.77. The van der Waals surface area contributed by atoms with Crippen molar-refractivity contribution in [3.63, 3.8) is 0 Å². The van der Waals surface area contributed by atoms with Gasteiger partial charge in [0.1, 0.15) is 5.65 Å².